The second kappa shape index (κ2) is 25.2. The van der Waals surface area contributed by atoms with Gasteiger partial charge in [-0.15, -0.1) is 0 Å². The molecular weight excluding hydrogens is 77.0 g/mol. The van der Waals surface area contributed by atoms with Gasteiger partial charge in [0.15, 0.2) is 0 Å². The smallest absolute Gasteiger partial charge is 0.870 e. The van der Waals surface area contributed by atoms with Crippen molar-refractivity contribution >= 4 is 0 Å². The van der Waals surface area contributed by atoms with E-state index in [1.54, 1.807) is 6.07 Å². The molecule has 0 amide bonds. The molecule has 24 valence electrons. The Balaban J connectivity index is -0.0000000200. The summed E-state index contributed by atoms with van der Waals surface area (Å²) in [6.45, 7) is 1.43. The van der Waals surface area contributed by atoms with Crippen LogP contribution >= 0.6 is 0 Å². The predicted octanol–water partition coefficient (Wildman–Crippen LogP) is -2.64. The number of nitrogens with zero attached hydrogens (tertiary/aromatic N) is 1. The largest absolute Gasteiger partial charge is 1.00 e. The normalized spacial score (nSPS) is 1.60. The van der Waals surface area contributed by atoms with E-state index in [0.717, 1.165) is 0 Å². The van der Waals surface area contributed by atoms with Crippen LogP contribution in [0.25, 0.3) is 0 Å². The van der Waals surface area contributed by atoms with E-state index < -0.39 is 0 Å². The fourth-order valence-corrected chi connectivity index (χ4v) is 0. The Bertz CT molecular complexity index is 31.1. The number of rotatable bonds is 0. The number of nitriles is 1. The first-order valence-corrected chi connectivity index (χ1v) is 0.724. The average molecular weight is 81.0 g/mol. The van der Waals surface area contributed by atoms with Crippen LogP contribution in [-0.4, -0.2) is 5.48 Å². The van der Waals surface area contributed by atoms with E-state index in [-0.39, 0.29) is 35.0 Å². The van der Waals surface area contributed by atoms with E-state index in [0.29, 0.717) is 0 Å². The average Bonchev–Trinajstić information content (AvgIpc) is 0.918. The van der Waals surface area contributed by atoms with E-state index in [4.69, 9.17) is 5.26 Å². The number of hydrogen-bond acceptors (Lipinski definition) is 2. The predicted molar refractivity (Wildman–Crippen MR) is 13.2 cm³/mol. The van der Waals surface area contributed by atoms with Gasteiger partial charge in [0.25, 0.3) is 0 Å². The van der Waals surface area contributed by atoms with Crippen molar-refractivity contribution in [2.24, 2.45) is 0 Å². The van der Waals surface area contributed by atoms with Crippen LogP contribution < -0.4 is 29.6 Å². The third kappa shape index (κ3) is 132. The summed E-state index contributed by atoms with van der Waals surface area (Å²) in [5.41, 5.74) is 0. The minimum absolute atomic E-state index is 0. The Morgan fingerprint density at radius 1 is 1.60 bits per heavy atom. The van der Waals surface area contributed by atoms with Gasteiger partial charge in [-0.1, -0.05) is 0 Å². The molecule has 5 heavy (non-hydrogen) atoms. The van der Waals surface area contributed by atoms with E-state index in [1.807, 2.05) is 0 Å². The van der Waals surface area contributed by atoms with Crippen LogP contribution in [0, 0.1) is 11.3 Å². The first-order chi connectivity index (χ1) is 1.41. The van der Waals surface area contributed by atoms with Crippen molar-refractivity contribution in [3.05, 3.63) is 0 Å². The van der Waals surface area contributed by atoms with Crippen molar-refractivity contribution in [2.45, 2.75) is 6.92 Å². The Labute approximate surface area is 53.4 Å². The molecule has 0 rings (SSSR count). The zero-order chi connectivity index (χ0) is 2.71. The van der Waals surface area contributed by atoms with E-state index in [2.05, 4.69) is 0 Å². The third-order valence-electron chi connectivity index (χ3n) is 0. The molecule has 0 unspecified atom stereocenters. The van der Waals surface area contributed by atoms with Gasteiger partial charge in [0, 0.05) is 6.92 Å². The van der Waals surface area contributed by atoms with Gasteiger partial charge in [-0.2, -0.15) is 5.26 Å². The molecule has 0 saturated heterocycles. The molecule has 0 radical (unpaired) electrons. The third-order valence-corrected chi connectivity index (χ3v) is 0. The summed E-state index contributed by atoms with van der Waals surface area (Å²) in [6.07, 6.45) is 0. The zero-order valence-corrected chi connectivity index (χ0v) is 5.39. The summed E-state index contributed by atoms with van der Waals surface area (Å²) in [5, 5.41) is 7.32. The maximum absolute atomic E-state index is 7.32. The Kier molecular flexibility index (Phi) is 90.6. The molecular formula is C2H4NNaO. The summed E-state index contributed by atoms with van der Waals surface area (Å²) < 4.78 is 0. The SMILES string of the molecule is CC#N.[Na+].[OH-]. The Morgan fingerprint density at radius 2 is 1.60 bits per heavy atom. The molecule has 0 atom stereocenters. The van der Waals surface area contributed by atoms with Crippen LogP contribution in [0.3, 0.4) is 0 Å². The van der Waals surface area contributed by atoms with Crippen LogP contribution in [0.2, 0.25) is 0 Å². The van der Waals surface area contributed by atoms with Crippen molar-refractivity contribution in [1.29, 1.82) is 5.26 Å². The van der Waals surface area contributed by atoms with E-state index in [1.165, 1.54) is 6.92 Å². The first-order valence-electron chi connectivity index (χ1n) is 0.724. The summed E-state index contributed by atoms with van der Waals surface area (Å²) >= 11 is 0. The van der Waals surface area contributed by atoms with Crippen molar-refractivity contribution in [1.82, 2.24) is 0 Å². The standard InChI is InChI=1S/C2H3N.Na.H2O/c1-2-3;;/h1H3;;1H2/q;+1;/p-1. The molecule has 1 N–H and O–H groups in total. The molecule has 0 aromatic heterocycles. The van der Waals surface area contributed by atoms with Crippen LogP contribution in [0.1, 0.15) is 6.92 Å². The zero-order valence-electron chi connectivity index (χ0n) is 3.39. The fourth-order valence-electron chi connectivity index (χ4n) is 0. The summed E-state index contributed by atoms with van der Waals surface area (Å²) in [7, 11) is 0. The first kappa shape index (κ1) is 18.0. The number of hydrogen-bond donors (Lipinski definition) is 0. The van der Waals surface area contributed by atoms with Crippen molar-refractivity contribution in [3.8, 4) is 6.07 Å². The van der Waals surface area contributed by atoms with Gasteiger partial charge in [-0.05, 0) is 0 Å². The van der Waals surface area contributed by atoms with Crippen LogP contribution in [0.15, 0.2) is 0 Å². The molecule has 0 bridgehead atoms. The summed E-state index contributed by atoms with van der Waals surface area (Å²) in [6, 6.07) is 1.75. The summed E-state index contributed by atoms with van der Waals surface area (Å²) in [5.74, 6) is 0. The van der Waals surface area contributed by atoms with Gasteiger partial charge in [0.2, 0.25) is 0 Å². The molecule has 0 fully saturated rings. The second-order valence-corrected chi connectivity index (χ2v) is 0.224. The topological polar surface area (TPSA) is 53.8 Å². The maximum atomic E-state index is 7.32. The van der Waals surface area contributed by atoms with E-state index >= 15 is 0 Å². The Hall–Kier alpha value is 0.450. The summed E-state index contributed by atoms with van der Waals surface area (Å²) in [4.78, 5) is 0. The minimum Gasteiger partial charge on any atom is -0.870 e. The minimum atomic E-state index is 0. The molecule has 0 spiro atoms. The molecule has 0 aliphatic heterocycles. The van der Waals surface area contributed by atoms with Crippen LogP contribution in [0.5, 0.6) is 0 Å². The molecule has 0 aromatic carbocycles. The van der Waals surface area contributed by atoms with Crippen LogP contribution in [-0.2, 0) is 0 Å². The fraction of sp³-hybridized carbons (Fsp3) is 0.500. The van der Waals surface area contributed by atoms with Gasteiger partial charge < -0.3 is 5.48 Å². The van der Waals surface area contributed by atoms with Crippen molar-refractivity contribution in [2.75, 3.05) is 0 Å². The van der Waals surface area contributed by atoms with Crippen LogP contribution in [0.4, 0.5) is 0 Å². The Morgan fingerprint density at radius 3 is 1.60 bits per heavy atom. The van der Waals surface area contributed by atoms with Gasteiger partial charge in [-0.25, -0.2) is 0 Å². The van der Waals surface area contributed by atoms with Crippen molar-refractivity contribution in [3.63, 3.8) is 0 Å². The van der Waals surface area contributed by atoms with E-state index in [9.17, 15) is 0 Å². The molecule has 0 aliphatic rings. The monoisotopic (exact) mass is 81.0 g/mol. The molecule has 0 saturated carbocycles. The van der Waals surface area contributed by atoms with Gasteiger partial charge >= 0.3 is 29.6 Å². The second-order valence-electron chi connectivity index (χ2n) is 0.224. The van der Waals surface area contributed by atoms with Gasteiger partial charge in [0.05, 0.1) is 6.07 Å². The van der Waals surface area contributed by atoms with Gasteiger partial charge in [0.1, 0.15) is 0 Å². The van der Waals surface area contributed by atoms with Crippen molar-refractivity contribution < 1.29 is 35.0 Å². The molecule has 2 nitrogen and oxygen atoms in total. The maximum Gasteiger partial charge on any atom is 1.00 e. The quantitative estimate of drug-likeness (QED) is 0.299. The van der Waals surface area contributed by atoms with Gasteiger partial charge in [-0.3, -0.25) is 0 Å². The molecule has 0 aliphatic carbocycles. The molecule has 3 heteroatoms. The molecule has 0 aromatic rings. The molecule has 0 heterocycles.